The van der Waals surface area contributed by atoms with Crippen LogP contribution in [0.15, 0.2) is 78.1 Å². The minimum Gasteiger partial charge on any atom is -0.278 e. The molecule has 4 rings (SSSR count). The van der Waals surface area contributed by atoms with E-state index in [4.69, 9.17) is 0 Å². The van der Waals surface area contributed by atoms with Gasteiger partial charge in [0.05, 0.1) is 11.2 Å². The molecule has 31 heavy (non-hydrogen) atoms. The van der Waals surface area contributed by atoms with Crippen molar-refractivity contribution in [2.45, 2.75) is 25.2 Å². The summed E-state index contributed by atoms with van der Waals surface area (Å²) in [5.41, 5.74) is 3.95. The quantitative estimate of drug-likeness (QED) is 0.479. The molecule has 0 radical (unpaired) electrons. The predicted molar refractivity (Wildman–Crippen MR) is 123 cm³/mol. The highest BCUT2D eigenvalue weighted by Crippen LogP contribution is 2.28. The van der Waals surface area contributed by atoms with Gasteiger partial charge in [-0.25, -0.2) is 8.42 Å². The number of fused-ring (bicyclic) bond motifs is 1. The summed E-state index contributed by atoms with van der Waals surface area (Å²) in [6, 6.07) is 16.6. The lowest BCUT2D eigenvalue weighted by Crippen LogP contribution is -2.16. The molecule has 0 spiro atoms. The second-order valence-electron chi connectivity index (χ2n) is 7.12. The van der Waals surface area contributed by atoms with Crippen molar-refractivity contribution in [3.63, 3.8) is 0 Å². The van der Waals surface area contributed by atoms with Gasteiger partial charge >= 0.3 is 0 Å². The van der Waals surface area contributed by atoms with Gasteiger partial charge in [-0.15, -0.1) is 0 Å². The molecule has 154 valence electrons. The predicted octanol–water partition coefficient (Wildman–Crippen LogP) is 4.70. The Morgan fingerprint density at radius 2 is 1.84 bits per heavy atom. The first-order chi connectivity index (χ1) is 15.0. The van der Waals surface area contributed by atoms with Crippen molar-refractivity contribution in [3.8, 4) is 11.8 Å². The first kappa shape index (κ1) is 20.6. The van der Waals surface area contributed by atoms with Gasteiger partial charge in [0.1, 0.15) is 4.90 Å². The summed E-state index contributed by atoms with van der Waals surface area (Å²) < 4.78 is 29.6. The van der Waals surface area contributed by atoms with E-state index in [0.29, 0.717) is 22.3 Å². The van der Waals surface area contributed by atoms with Crippen molar-refractivity contribution in [3.05, 3.63) is 95.4 Å². The van der Waals surface area contributed by atoms with E-state index in [-0.39, 0.29) is 4.90 Å². The van der Waals surface area contributed by atoms with Crippen LogP contribution in [0.2, 0.25) is 0 Å². The number of hydrogen-bond donors (Lipinski definition) is 1. The maximum absolute atomic E-state index is 13.4. The van der Waals surface area contributed by atoms with Gasteiger partial charge in [-0.05, 0) is 54.8 Å². The fraction of sp³-hybridized carbons (Fsp3) is 0.120. The van der Waals surface area contributed by atoms with E-state index in [1.54, 1.807) is 43.7 Å². The van der Waals surface area contributed by atoms with Gasteiger partial charge in [-0.1, -0.05) is 43.0 Å². The molecular formula is C25H21N3O2S. The van der Waals surface area contributed by atoms with Gasteiger partial charge in [0.25, 0.3) is 10.0 Å². The lowest BCUT2D eigenvalue weighted by atomic mass is 10.1. The first-order valence-corrected chi connectivity index (χ1v) is 11.4. The fourth-order valence-electron chi connectivity index (χ4n) is 3.33. The zero-order chi connectivity index (χ0) is 21.8. The van der Waals surface area contributed by atoms with Crippen LogP contribution >= 0.6 is 0 Å². The zero-order valence-corrected chi connectivity index (χ0v) is 18.1. The molecule has 0 atom stereocenters. The molecule has 0 aliphatic heterocycles. The van der Waals surface area contributed by atoms with Crippen LogP contribution in [0.4, 0.5) is 5.69 Å². The monoisotopic (exact) mass is 427 g/mol. The molecule has 0 saturated heterocycles. The number of pyridine rings is 2. The van der Waals surface area contributed by atoms with Crippen molar-refractivity contribution in [1.82, 2.24) is 9.97 Å². The molecule has 4 aromatic rings. The molecule has 2 aromatic heterocycles. The minimum absolute atomic E-state index is 0.177. The molecule has 0 fully saturated rings. The van der Waals surface area contributed by atoms with Gasteiger partial charge in [0.15, 0.2) is 0 Å². The number of nitrogens with one attached hydrogen (secondary N) is 1. The number of rotatable bonds is 4. The maximum Gasteiger partial charge on any atom is 0.264 e. The van der Waals surface area contributed by atoms with Crippen LogP contribution in [0.25, 0.3) is 10.9 Å². The molecule has 0 saturated carbocycles. The van der Waals surface area contributed by atoms with E-state index < -0.39 is 10.0 Å². The van der Waals surface area contributed by atoms with Crippen LogP contribution in [0.3, 0.4) is 0 Å². The van der Waals surface area contributed by atoms with Gasteiger partial charge in [0, 0.05) is 35.1 Å². The van der Waals surface area contributed by atoms with Gasteiger partial charge in [-0.2, -0.15) is 0 Å². The van der Waals surface area contributed by atoms with Crippen LogP contribution in [-0.2, 0) is 16.4 Å². The zero-order valence-electron chi connectivity index (χ0n) is 17.3. The van der Waals surface area contributed by atoms with Gasteiger partial charge in [-0.3, -0.25) is 14.7 Å². The van der Waals surface area contributed by atoms with Crippen LogP contribution < -0.4 is 4.72 Å². The second kappa shape index (κ2) is 8.58. The average molecular weight is 428 g/mol. The number of sulfonamides is 1. The summed E-state index contributed by atoms with van der Waals surface area (Å²) in [7, 11) is -3.89. The van der Waals surface area contributed by atoms with Crippen molar-refractivity contribution < 1.29 is 8.42 Å². The Kier molecular flexibility index (Phi) is 5.70. The molecule has 0 amide bonds. The Bertz CT molecular complexity index is 1420. The summed E-state index contributed by atoms with van der Waals surface area (Å²) in [5, 5.41) is 0.770. The molecule has 6 heteroatoms. The average Bonchev–Trinajstić information content (AvgIpc) is 2.78. The summed E-state index contributed by atoms with van der Waals surface area (Å²) in [6.07, 6.45) is 5.78. The molecule has 0 aliphatic rings. The Morgan fingerprint density at radius 3 is 2.61 bits per heavy atom. The second-order valence-corrected chi connectivity index (χ2v) is 8.74. The van der Waals surface area contributed by atoms with Crippen molar-refractivity contribution >= 4 is 26.6 Å². The summed E-state index contributed by atoms with van der Waals surface area (Å²) >= 11 is 0. The first-order valence-electron chi connectivity index (χ1n) is 9.90. The lowest BCUT2D eigenvalue weighted by Gasteiger charge is -2.14. The van der Waals surface area contributed by atoms with Crippen molar-refractivity contribution in [2.75, 3.05) is 4.72 Å². The third-order valence-corrected chi connectivity index (χ3v) is 6.47. The fourth-order valence-corrected chi connectivity index (χ4v) is 4.82. The van der Waals surface area contributed by atoms with Crippen LogP contribution in [-0.4, -0.2) is 18.4 Å². The standard InChI is InChI=1S/C25H21N3O2S/c1-3-19-10-13-23(22(16-19)12-9-20-6-4-14-26-17-20)28-31(29,30)25-18(2)8-11-21-7-5-15-27-24(21)25/h4-8,10-11,13-17,28H,3H2,1-2H3. The lowest BCUT2D eigenvalue weighted by molar-refractivity contribution is 0.601. The number of anilines is 1. The molecule has 0 aliphatic carbocycles. The van der Waals surface area contributed by atoms with E-state index in [2.05, 4.69) is 26.5 Å². The van der Waals surface area contributed by atoms with Crippen LogP contribution in [0, 0.1) is 18.8 Å². The van der Waals surface area contributed by atoms with Gasteiger partial charge in [0.2, 0.25) is 0 Å². The highest BCUT2D eigenvalue weighted by atomic mass is 32.2. The Hall–Kier alpha value is -3.69. The van der Waals surface area contributed by atoms with Crippen molar-refractivity contribution in [2.24, 2.45) is 0 Å². The Balaban J connectivity index is 1.80. The third kappa shape index (κ3) is 4.42. The van der Waals surface area contributed by atoms with E-state index >= 15 is 0 Å². The summed E-state index contributed by atoms with van der Waals surface area (Å²) in [6.45, 7) is 3.81. The number of aryl methyl sites for hydroxylation is 2. The van der Waals surface area contributed by atoms with Crippen LogP contribution in [0.1, 0.15) is 29.2 Å². The SMILES string of the molecule is CCc1ccc(NS(=O)(=O)c2c(C)ccc3cccnc23)c(C#Cc2cccnc2)c1. The third-order valence-electron chi connectivity index (χ3n) is 4.93. The highest BCUT2D eigenvalue weighted by Gasteiger charge is 2.22. The molecule has 1 N–H and O–H groups in total. The van der Waals surface area contributed by atoms with E-state index in [0.717, 1.165) is 22.9 Å². The highest BCUT2D eigenvalue weighted by molar-refractivity contribution is 7.93. The smallest absolute Gasteiger partial charge is 0.264 e. The summed E-state index contributed by atoms with van der Waals surface area (Å²) in [4.78, 5) is 8.57. The Morgan fingerprint density at radius 1 is 1.00 bits per heavy atom. The molecule has 2 aromatic carbocycles. The Labute approximate surface area is 182 Å². The van der Waals surface area contributed by atoms with E-state index in [9.17, 15) is 8.42 Å². The topological polar surface area (TPSA) is 72.0 Å². The normalized spacial score (nSPS) is 11.0. The number of aromatic nitrogens is 2. The molecule has 0 unspecified atom stereocenters. The number of nitrogens with zero attached hydrogens (tertiary/aromatic N) is 2. The molecule has 5 nitrogen and oxygen atoms in total. The van der Waals surface area contributed by atoms with Gasteiger partial charge < -0.3 is 0 Å². The molecular weight excluding hydrogens is 406 g/mol. The minimum atomic E-state index is -3.89. The van der Waals surface area contributed by atoms with Crippen LogP contribution in [0.5, 0.6) is 0 Å². The molecule has 2 heterocycles. The number of benzene rings is 2. The summed E-state index contributed by atoms with van der Waals surface area (Å²) in [5.74, 6) is 6.16. The number of hydrogen-bond acceptors (Lipinski definition) is 4. The van der Waals surface area contributed by atoms with E-state index in [1.165, 1.54) is 0 Å². The largest absolute Gasteiger partial charge is 0.278 e. The maximum atomic E-state index is 13.4. The van der Waals surface area contributed by atoms with E-state index in [1.807, 2.05) is 43.3 Å². The van der Waals surface area contributed by atoms with Crippen molar-refractivity contribution in [1.29, 1.82) is 0 Å². The molecule has 0 bridgehead atoms.